The zero-order chi connectivity index (χ0) is 20.0. The van der Waals surface area contributed by atoms with Crippen LogP contribution in [0.2, 0.25) is 0 Å². The predicted octanol–water partition coefficient (Wildman–Crippen LogP) is -0.910. The van der Waals surface area contributed by atoms with Crippen molar-refractivity contribution < 1.29 is 31.7 Å². The van der Waals surface area contributed by atoms with Crippen LogP contribution in [0.15, 0.2) is 23.1 Å². The van der Waals surface area contributed by atoms with Crippen LogP contribution in [0.3, 0.4) is 0 Å². The van der Waals surface area contributed by atoms with Crippen molar-refractivity contribution in [1.29, 1.82) is 0 Å². The molecule has 1 saturated heterocycles. The van der Waals surface area contributed by atoms with Crippen molar-refractivity contribution >= 4 is 22.0 Å². The lowest BCUT2D eigenvalue weighted by atomic mass is 10.3. The second kappa shape index (κ2) is 9.20. The number of carbonyl (C=O) groups excluding carboxylic acids is 2. The number of hydrogen-bond acceptors (Lipinski definition) is 4. The van der Waals surface area contributed by atoms with Crippen LogP contribution in [0.1, 0.15) is 13.3 Å². The lowest BCUT2D eigenvalue weighted by Gasteiger charge is -2.31. The summed E-state index contributed by atoms with van der Waals surface area (Å²) < 4.78 is 53.7. The lowest BCUT2D eigenvalue weighted by Crippen LogP contribution is -3.15. The number of hydrogen-bond donors (Lipinski definition) is 3. The molecule has 150 valence electrons. The third-order valence-electron chi connectivity index (χ3n) is 4.15. The number of sulfonamides is 1. The van der Waals surface area contributed by atoms with E-state index in [0.717, 1.165) is 33.8 Å². The molecule has 2 rings (SSSR count). The van der Waals surface area contributed by atoms with Gasteiger partial charge in [0.05, 0.1) is 26.2 Å². The summed E-state index contributed by atoms with van der Waals surface area (Å²) in [6, 6.07) is 2.31. The smallest absolute Gasteiger partial charge is 0.321 e. The molecule has 27 heavy (non-hydrogen) atoms. The molecular formula is C16H23F2N4O4S+. The van der Waals surface area contributed by atoms with Crippen LogP contribution in [0, 0.1) is 11.6 Å². The minimum Gasteiger partial charge on any atom is -0.338 e. The zero-order valence-corrected chi connectivity index (χ0v) is 15.7. The molecule has 1 heterocycles. The van der Waals surface area contributed by atoms with Gasteiger partial charge in [-0.05, 0) is 18.6 Å². The normalized spacial score (nSPS) is 16.1. The fraction of sp³-hybridized carbons (Fsp3) is 0.500. The number of rotatable bonds is 6. The van der Waals surface area contributed by atoms with Gasteiger partial charge in [0.15, 0.2) is 11.4 Å². The molecule has 1 aromatic rings. The van der Waals surface area contributed by atoms with Crippen molar-refractivity contribution in [3.8, 4) is 0 Å². The van der Waals surface area contributed by atoms with E-state index in [1.807, 2.05) is 6.92 Å². The maximum absolute atomic E-state index is 13.8. The molecular weight excluding hydrogens is 382 g/mol. The molecule has 1 aliphatic rings. The lowest BCUT2D eigenvalue weighted by molar-refractivity contribution is -0.895. The van der Waals surface area contributed by atoms with Crippen LogP contribution in [0.5, 0.6) is 0 Å². The summed E-state index contributed by atoms with van der Waals surface area (Å²) >= 11 is 0. The van der Waals surface area contributed by atoms with Gasteiger partial charge in [-0.2, -0.15) is 4.31 Å². The van der Waals surface area contributed by atoms with Crippen LogP contribution in [-0.2, 0) is 14.8 Å². The van der Waals surface area contributed by atoms with Gasteiger partial charge in [-0.3, -0.25) is 10.1 Å². The van der Waals surface area contributed by atoms with E-state index < -0.39 is 38.5 Å². The molecule has 1 aliphatic heterocycles. The average molecular weight is 405 g/mol. The molecule has 3 amide bonds. The highest BCUT2D eigenvalue weighted by atomic mass is 32.2. The first-order valence-corrected chi connectivity index (χ1v) is 10.0. The summed E-state index contributed by atoms with van der Waals surface area (Å²) in [5.74, 6) is -2.75. The van der Waals surface area contributed by atoms with E-state index in [9.17, 15) is 26.8 Å². The summed E-state index contributed by atoms with van der Waals surface area (Å²) in [4.78, 5) is 23.1. The standard InChI is InChI=1S/C16H22F2N4O4S/c1-2-6-19-16(24)20-14(23)11-21-7-9-22(10-8-21)27(25,26)15-12(17)4-3-5-13(15)18/h3-5H,2,6-11H2,1H3,(H2,19,20,23,24)/p+1. The van der Waals surface area contributed by atoms with E-state index in [2.05, 4.69) is 10.6 Å². The number of imide groups is 1. The maximum atomic E-state index is 13.8. The number of halogens is 2. The number of carbonyl (C=O) groups is 2. The number of nitrogens with one attached hydrogen (secondary N) is 3. The van der Waals surface area contributed by atoms with Gasteiger partial charge in [0.2, 0.25) is 10.0 Å². The van der Waals surface area contributed by atoms with Crippen LogP contribution >= 0.6 is 0 Å². The van der Waals surface area contributed by atoms with Crippen molar-refractivity contribution in [3.05, 3.63) is 29.8 Å². The number of piperazine rings is 1. The first kappa shape index (κ1) is 21.2. The Kier molecular flexibility index (Phi) is 7.22. The highest BCUT2D eigenvalue weighted by molar-refractivity contribution is 7.89. The number of amides is 3. The summed E-state index contributed by atoms with van der Waals surface area (Å²) in [6.07, 6.45) is 0.742. The summed E-state index contributed by atoms with van der Waals surface area (Å²) in [7, 11) is -4.30. The summed E-state index contributed by atoms with van der Waals surface area (Å²) in [6.45, 7) is 2.92. The SMILES string of the molecule is CCCNC(=O)NC(=O)C[NH+]1CCN(S(=O)(=O)c2c(F)cccc2F)CC1. The molecule has 3 N–H and O–H groups in total. The van der Waals surface area contributed by atoms with Crippen molar-refractivity contribution in [2.75, 3.05) is 39.3 Å². The Morgan fingerprint density at radius 1 is 1.19 bits per heavy atom. The quantitative estimate of drug-likeness (QED) is 0.571. The van der Waals surface area contributed by atoms with Gasteiger partial charge in [-0.15, -0.1) is 0 Å². The molecule has 1 fully saturated rings. The number of urea groups is 1. The Morgan fingerprint density at radius 3 is 2.33 bits per heavy atom. The minimum absolute atomic E-state index is 0.00148. The van der Waals surface area contributed by atoms with E-state index in [-0.39, 0.29) is 32.7 Å². The summed E-state index contributed by atoms with van der Waals surface area (Å²) in [5.41, 5.74) is 0. The van der Waals surface area contributed by atoms with Gasteiger partial charge in [-0.25, -0.2) is 22.0 Å². The van der Waals surface area contributed by atoms with E-state index >= 15 is 0 Å². The van der Waals surface area contributed by atoms with Gasteiger partial charge in [-0.1, -0.05) is 13.0 Å². The van der Waals surface area contributed by atoms with E-state index in [0.29, 0.717) is 6.54 Å². The van der Waals surface area contributed by atoms with E-state index in [1.165, 1.54) is 0 Å². The van der Waals surface area contributed by atoms with Crippen molar-refractivity contribution in [3.63, 3.8) is 0 Å². The number of nitrogens with zero attached hydrogens (tertiary/aromatic N) is 1. The first-order chi connectivity index (χ1) is 12.8. The van der Waals surface area contributed by atoms with Crippen LogP contribution in [-0.4, -0.2) is 63.9 Å². The third kappa shape index (κ3) is 5.44. The first-order valence-electron chi connectivity index (χ1n) is 8.61. The summed E-state index contributed by atoms with van der Waals surface area (Å²) in [5, 5.41) is 4.72. The number of quaternary nitrogens is 1. The Hall–Kier alpha value is -2.11. The topological polar surface area (TPSA) is 100 Å². The highest BCUT2D eigenvalue weighted by Gasteiger charge is 2.34. The molecule has 11 heteroatoms. The molecule has 0 aliphatic carbocycles. The van der Waals surface area contributed by atoms with Crippen LogP contribution in [0.4, 0.5) is 13.6 Å². The molecule has 0 aromatic heterocycles. The van der Waals surface area contributed by atoms with Gasteiger partial charge in [0.1, 0.15) is 11.6 Å². The maximum Gasteiger partial charge on any atom is 0.321 e. The molecule has 0 bridgehead atoms. The fourth-order valence-electron chi connectivity index (χ4n) is 2.76. The van der Waals surface area contributed by atoms with Gasteiger partial charge >= 0.3 is 6.03 Å². The number of benzene rings is 1. The Bertz CT molecular complexity index is 775. The zero-order valence-electron chi connectivity index (χ0n) is 14.9. The highest BCUT2D eigenvalue weighted by Crippen LogP contribution is 2.22. The van der Waals surface area contributed by atoms with Crippen molar-refractivity contribution in [2.45, 2.75) is 18.2 Å². The molecule has 0 unspecified atom stereocenters. The minimum atomic E-state index is -4.30. The van der Waals surface area contributed by atoms with Crippen molar-refractivity contribution in [1.82, 2.24) is 14.9 Å². The Morgan fingerprint density at radius 2 is 1.78 bits per heavy atom. The average Bonchev–Trinajstić information content (AvgIpc) is 2.60. The molecule has 1 aromatic carbocycles. The molecule has 8 nitrogen and oxygen atoms in total. The van der Waals surface area contributed by atoms with Crippen LogP contribution < -0.4 is 15.5 Å². The van der Waals surface area contributed by atoms with Crippen LogP contribution in [0.25, 0.3) is 0 Å². The molecule has 0 atom stereocenters. The Balaban J connectivity index is 1.91. The monoisotopic (exact) mass is 405 g/mol. The molecule has 0 radical (unpaired) electrons. The van der Waals surface area contributed by atoms with Crippen molar-refractivity contribution in [2.24, 2.45) is 0 Å². The molecule has 0 saturated carbocycles. The van der Waals surface area contributed by atoms with E-state index in [1.54, 1.807) is 0 Å². The largest absolute Gasteiger partial charge is 0.338 e. The van der Waals surface area contributed by atoms with Gasteiger partial charge in [0.25, 0.3) is 5.91 Å². The second-order valence-corrected chi connectivity index (χ2v) is 8.06. The Labute approximate surface area is 156 Å². The molecule has 0 spiro atoms. The fourth-order valence-corrected chi connectivity index (χ4v) is 4.31. The predicted molar refractivity (Wildman–Crippen MR) is 92.5 cm³/mol. The van der Waals surface area contributed by atoms with Gasteiger partial charge in [0, 0.05) is 6.54 Å². The van der Waals surface area contributed by atoms with E-state index in [4.69, 9.17) is 0 Å². The van der Waals surface area contributed by atoms with Gasteiger partial charge < -0.3 is 10.2 Å². The third-order valence-corrected chi connectivity index (χ3v) is 6.10. The second-order valence-electron chi connectivity index (χ2n) is 6.19.